The largest absolute Gasteiger partial charge is 0.491 e. The Hall–Kier alpha value is -1.66. The van der Waals surface area contributed by atoms with Gasteiger partial charge in [-0.15, -0.1) is 0 Å². The first-order chi connectivity index (χ1) is 13.7. The Labute approximate surface area is 182 Å². The molecule has 0 fully saturated rings. The standard InChI is InChI=1S/C22H23Br2NO3/c23-9-3-5-11-25-19-13-17-18(14-20(19)28-12-6-4-10-24)22(27)16-8-2-1-7-15(16)21(17)26/h1-2,7-8,13-14,25H,3-6,9-12H2. The van der Waals surface area contributed by atoms with Crippen molar-refractivity contribution in [2.24, 2.45) is 0 Å². The van der Waals surface area contributed by atoms with Gasteiger partial charge in [0.05, 0.1) is 12.3 Å². The maximum atomic E-state index is 13.0. The van der Waals surface area contributed by atoms with Crippen LogP contribution < -0.4 is 10.1 Å². The van der Waals surface area contributed by atoms with Gasteiger partial charge in [0.25, 0.3) is 0 Å². The lowest BCUT2D eigenvalue weighted by molar-refractivity contribution is 0.0979. The molecule has 0 aliphatic heterocycles. The Balaban J connectivity index is 1.92. The second-order valence-electron chi connectivity index (χ2n) is 6.67. The molecule has 0 spiro atoms. The molecule has 148 valence electrons. The highest BCUT2D eigenvalue weighted by molar-refractivity contribution is 9.09. The SMILES string of the molecule is O=C1c2ccccc2C(=O)c2cc(OCCCCBr)c(NCCCCBr)cc21. The lowest BCUT2D eigenvalue weighted by atomic mass is 9.83. The average molecular weight is 509 g/mol. The number of alkyl halides is 2. The van der Waals surface area contributed by atoms with Crippen molar-refractivity contribution in [3.8, 4) is 5.75 Å². The van der Waals surface area contributed by atoms with Crippen molar-refractivity contribution in [2.45, 2.75) is 25.7 Å². The second kappa shape index (κ2) is 10.2. The number of fused-ring (bicyclic) bond motifs is 2. The molecule has 1 aliphatic carbocycles. The van der Waals surface area contributed by atoms with Crippen LogP contribution in [0, 0.1) is 0 Å². The van der Waals surface area contributed by atoms with E-state index < -0.39 is 0 Å². The molecule has 6 heteroatoms. The summed E-state index contributed by atoms with van der Waals surface area (Å²) in [6, 6.07) is 10.5. The third-order valence-corrected chi connectivity index (χ3v) is 5.81. The van der Waals surface area contributed by atoms with Crippen molar-refractivity contribution in [3.05, 3.63) is 58.7 Å². The van der Waals surface area contributed by atoms with Crippen molar-refractivity contribution in [1.29, 1.82) is 0 Å². The van der Waals surface area contributed by atoms with E-state index in [-0.39, 0.29) is 11.6 Å². The first-order valence-corrected chi connectivity index (χ1v) is 11.8. The molecule has 1 N–H and O–H groups in total. The maximum absolute atomic E-state index is 13.0. The van der Waals surface area contributed by atoms with Gasteiger partial charge >= 0.3 is 0 Å². The van der Waals surface area contributed by atoms with Gasteiger partial charge in [0.15, 0.2) is 11.6 Å². The van der Waals surface area contributed by atoms with E-state index in [0.29, 0.717) is 34.6 Å². The molecule has 0 bridgehead atoms. The minimum absolute atomic E-state index is 0.112. The molecule has 2 aromatic rings. The molecule has 0 unspecified atom stereocenters. The molecule has 0 amide bonds. The van der Waals surface area contributed by atoms with E-state index in [1.807, 2.05) is 0 Å². The fraction of sp³-hybridized carbons (Fsp3) is 0.364. The first-order valence-electron chi connectivity index (χ1n) is 9.52. The number of nitrogens with one attached hydrogen (secondary N) is 1. The van der Waals surface area contributed by atoms with Gasteiger partial charge in [-0.2, -0.15) is 0 Å². The normalized spacial score (nSPS) is 12.5. The molecular formula is C22H23Br2NO3. The van der Waals surface area contributed by atoms with Crippen LogP contribution in [-0.2, 0) is 0 Å². The first kappa shape index (κ1) is 21.1. The van der Waals surface area contributed by atoms with Crippen molar-refractivity contribution < 1.29 is 14.3 Å². The highest BCUT2D eigenvalue weighted by atomic mass is 79.9. The minimum Gasteiger partial charge on any atom is -0.491 e. The number of carbonyl (C=O) groups is 2. The predicted molar refractivity (Wildman–Crippen MR) is 120 cm³/mol. The summed E-state index contributed by atoms with van der Waals surface area (Å²) in [7, 11) is 0. The summed E-state index contributed by atoms with van der Waals surface area (Å²) in [4.78, 5) is 25.9. The molecule has 2 aromatic carbocycles. The van der Waals surface area contributed by atoms with Crippen LogP contribution in [0.1, 0.15) is 57.5 Å². The molecular weight excluding hydrogens is 486 g/mol. The number of ketones is 2. The Morgan fingerprint density at radius 3 is 2.04 bits per heavy atom. The number of rotatable bonds is 10. The van der Waals surface area contributed by atoms with Crippen molar-refractivity contribution >= 4 is 49.1 Å². The van der Waals surface area contributed by atoms with Crippen LogP contribution in [0.5, 0.6) is 5.75 Å². The Morgan fingerprint density at radius 2 is 1.39 bits per heavy atom. The van der Waals surface area contributed by atoms with Crippen LogP contribution in [0.25, 0.3) is 0 Å². The number of anilines is 1. The van der Waals surface area contributed by atoms with Crippen molar-refractivity contribution in [1.82, 2.24) is 0 Å². The summed E-state index contributed by atoms with van der Waals surface area (Å²) in [5.41, 5.74) is 2.57. The van der Waals surface area contributed by atoms with Gasteiger partial charge in [-0.25, -0.2) is 0 Å². The van der Waals surface area contributed by atoms with Crippen LogP contribution in [0.4, 0.5) is 5.69 Å². The van der Waals surface area contributed by atoms with Crippen molar-refractivity contribution in [3.63, 3.8) is 0 Å². The third-order valence-electron chi connectivity index (χ3n) is 4.69. The highest BCUT2D eigenvalue weighted by Crippen LogP contribution is 2.35. The quantitative estimate of drug-likeness (QED) is 0.286. The van der Waals surface area contributed by atoms with E-state index in [9.17, 15) is 9.59 Å². The van der Waals surface area contributed by atoms with Gasteiger partial charge in [0.1, 0.15) is 5.75 Å². The van der Waals surface area contributed by atoms with E-state index in [1.165, 1.54) is 0 Å². The molecule has 0 saturated carbocycles. The fourth-order valence-electron chi connectivity index (χ4n) is 3.20. The van der Waals surface area contributed by atoms with Crippen LogP contribution in [0.15, 0.2) is 36.4 Å². The number of ether oxygens (including phenoxy) is 1. The molecule has 0 heterocycles. The Kier molecular flexibility index (Phi) is 7.68. The number of halogens is 2. The monoisotopic (exact) mass is 507 g/mol. The number of hydrogen-bond acceptors (Lipinski definition) is 4. The van der Waals surface area contributed by atoms with Gasteiger partial charge in [-0.1, -0.05) is 56.1 Å². The molecule has 0 atom stereocenters. The molecule has 28 heavy (non-hydrogen) atoms. The van der Waals surface area contributed by atoms with Crippen LogP contribution >= 0.6 is 31.9 Å². The van der Waals surface area contributed by atoms with Gasteiger partial charge in [0, 0.05) is 39.5 Å². The number of benzene rings is 2. The maximum Gasteiger partial charge on any atom is 0.194 e. The summed E-state index contributed by atoms with van der Waals surface area (Å²) in [5.74, 6) is 0.397. The summed E-state index contributed by atoms with van der Waals surface area (Å²) < 4.78 is 5.98. The number of unbranched alkanes of at least 4 members (excludes halogenated alkanes) is 2. The fourth-order valence-corrected chi connectivity index (χ4v) is 4.00. The van der Waals surface area contributed by atoms with Crippen LogP contribution in [0.2, 0.25) is 0 Å². The van der Waals surface area contributed by atoms with Gasteiger partial charge in [-0.05, 0) is 37.8 Å². The lowest BCUT2D eigenvalue weighted by Gasteiger charge is -2.21. The van der Waals surface area contributed by atoms with Crippen LogP contribution in [-0.4, -0.2) is 35.4 Å². The zero-order chi connectivity index (χ0) is 19.9. The van der Waals surface area contributed by atoms with E-state index in [1.54, 1.807) is 36.4 Å². The topological polar surface area (TPSA) is 55.4 Å². The molecule has 3 rings (SSSR count). The average Bonchev–Trinajstić information content (AvgIpc) is 2.72. The third kappa shape index (κ3) is 4.66. The second-order valence-corrected chi connectivity index (χ2v) is 8.25. The molecule has 4 nitrogen and oxygen atoms in total. The Bertz CT molecular complexity index is 797. The highest BCUT2D eigenvalue weighted by Gasteiger charge is 2.30. The molecule has 0 aromatic heterocycles. The summed E-state index contributed by atoms with van der Waals surface area (Å²) >= 11 is 6.86. The summed E-state index contributed by atoms with van der Waals surface area (Å²) in [5, 5.41) is 5.27. The van der Waals surface area contributed by atoms with Gasteiger partial charge in [0.2, 0.25) is 0 Å². The zero-order valence-corrected chi connectivity index (χ0v) is 18.8. The van der Waals surface area contributed by atoms with Crippen molar-refractivity contribution in [2.75, 3.05) is 29.1 Å². The minimum atomic E-state index is -0.124. The van der Waals surface area contributed by atoms with E-state index in [2.05, 4.69) is 37.2 Å². The molecule has 0 saturated heterocycles. The Morgan fingerprint density at radius 1 is 0.786 bits per heavy atom. The van der Waals surface area contributed by atoms with Crippen LogP contribution in [0.3, 0.4) is 0 Å². The van der Waals surface area contributed by atoms with Gasteiger partial charge in [-0.3, -0.25) is 9.59 Å². The molecule has 0 radical (unpaired) electrons. The zero-order valence-electron chi connectivity index (χ0n) is 15.6. The number of hydrogen-bond donors (Lipinski definition) is 1. The summed E-state index contributed by atoms with van der Waals surface area (Å²) in [6.07, 6.45) is 4.00. The summed E-state index contributed by atoms with van der Waals surface area (Å²) in [6.45, 7) is 1.35. The lowest BCUT2D eigenvalue weighted by Crippen LogP contribution is -2.21. The van der Waals surface area contributed by atoms with E-state index in [4.69, 9.17) is 4.74 Å². The predicted octanol–water partition coefficient (Wildman–Crippen LogP) is 5.60. The number of carbonyl (C=O) groups excluding carboxylic acids is 2. The molecule has 1 aliphatic rings. The van der Waals surface area contributed by atoms with E-state index >= 15 is 0 Å². The van der Waals surface area contributed by atoms with Gasteiger partial charge < -0.3 is 10.1 Å². The van der Waals surface area contributed by atoms with E-state index in [0.717, 1.165) is 48.6 Å². The smallest absolute Gasteiger partial charge is 0.194 e.